The fourth-order valence-corrected chi connectivity index (χ4v) is 7.56. The zero-order valence-corrected chi connectivity index (χ0v) is 28.0. The standard InChI is InChI=1S/C38H36Cl2F3N3O2/c1-2-3-19-45(22-38(41,42)43)37(48)34-27-12-6-4-11-25(27)28-17-18-30(35(33(28)34)46-20-9-8-14-32(46)44)36(47)29-13-7-5-10-24(29)26-16-15-23(39)21-31(26)40/h4-7,10-13,15-18,21,32,34H,2-3,8-9,14,19-20,22,44H2,1H3. The summed E-state index contributed by atoms with van der Waals surface area (Å²) in [4.78, 5) is 32.2. The highest BCUT2D eigenvalue weighted by Gasteiger charge is 2.43. The van der Waals surface area contributed by atoms with Crippen molar-refractivity contribution in [2.75, 3.05) is 24.5 Å². The topological polar surface area (TPSA) is 66.6 Å². The van der Waals surface area contributed by atoms with Gasteiger partial charge in [-0.2, -0.15) is 13.2 Å². The first kappa shape index (κ1) is 34.0. The number of benzene rings is 4. The van der Waals surface area contributed by atoms with Crippen molar-refractivity contribution in [1.29, 1.82) is 0 Å². The summed E-state index contributed by atoms with van der Waals surface area (Å²) in [6.07, 6.45) is -1.61. The van der Waals surface area contributed by atoms with Crippen LogP contribution in [0.15, 0.2) is 78.9 Å². The van der Waals surface area contributed by atoms with Gasteiger partial charge >= 0.3 is 6.18 Å². The Bertz CT molecular complexity index is 1860. The van der Waals surface area contributed by atoms with Gasteiger partial charge in [0.1, 0.15) is 6.54 Å². The monoisotopic (exact) mass is 693 g/mol. The third kappa shape index (κ3) is 6.58. The first-order valence-electron chi connectivity index (χ1n) is 16.2. The van der Waals surface area contributed by atoms with Crippen molar-refractivity contribution in [3.8, 4) is 22.3 Å². The molecule has 0 bridgehead atoms. The SMILES string of the molecule is CCCCN(CC(F)(F)F)C(=O)C1c2ccccc2-c2ccc(C(=O)c3ccccc3-c3ccc(Cl)cc3Cl)c(N3CCCCC3N)c21. The number of alkyl halides is 3. The molecule has 4 aromatic rings. The minimum Gasteiger partial charge on any atom is -0.355 e. The summed E-state index contributed by atoms with van der Waals surface area (Å²) in [5.41, 5.74) is 11.8. The molecule has 0 radical (unpaired) electrons. The predicted octanol–water partition coefficient (Wildman–Crippen LogP) is 9.47. The Labute approximate surface area is 288 Å². The number of nitrogens with zero attached hydrogens (tertiary/aromatic N) is 2. The molecule has 1 fully saturated rings. The number of amides is 1. The number of fused-ring (bicyclic) bond motifs is 3. The van der Waals surface area contributed by atoms with Crippen LogP contribution in [0.3, 0.4) is 0 Å². The highest BCUT2D eigenvalue weighted by atomic mass is 35.5. The second kappa shape index (κ2) is 13.9. The lowest BCUT2D eigenvalue weighted by Crippen LogP contribution is -2.47. The van der Waals surface area contributed by atoms with Gasteiger partial charge in [-0.3, -0.25) is 9.59 Å². The van der Waals surface area contributed by atoms with E-state index in [0.29, 0.717) is 80.5 Å². The molecular formula is C38H36Cl2F3N3O2. The molecule has 48 heavy (non-hydrogen) atoms. The minimum absolute atomic E-state index is 0.0325. The van der Waals surface area contributed by atoms with Crippen LogP contribution in [0.2, 0.25) is 10.0 Å². The van der Waals surface area contributed by atoms with Gasteiger partial charge in [0, 0.05) is 45.4 Å². The Balaban J connectivity index is 1.58. The Hall–Kier alpha value is -3.85. The van der Waals surface area contributed by atoms with Crippen molar-refractivity contribution < 1.29 is 22.8 Å². The number of carbonyl (C=O) groups is 2. The summed E-state index contributed by atoms with van der Waals surface area (Å²) in [5, 5.41) is 0.842. The molecule has 1 amide bonds. The van der Waals surface area contributed by atoms with Crippen molar-refractivity contribution >= 4 is 40.6 Å². The van der Waals surface area contributed by atoms with Crippen LogP contribution in [0.25, 0.3) is 22.3 Å². The van der Waals surface area contributed by atoms with Crippen LogP contribution in [0.5, 0.6) is 0 Å². The number of anilines is 1. The fraction of sp³-hybridized carbons (Fsp3) is 0.316. The summed E-state index contributed by atoms with van der Waals surface area (Å²) in [6, 6.07) is 23.1. The van der Waals surface area contributed by atoms with E-state index in [0.717, 1.165) is 23.3 Å². The molecule has 1 aliphatic carbocycles. The second-order valence-electron chi connectivity index (χ2n) is 12.4. The first-order chi connectivity index (χ1) is 23.0. The molecule has 2 aliphatic rings. The summed E-state index contributed by atoms with van der Waals surface area (Å²) >= 11 is 12.8. The van der Waals surface area contributed by atoms with Crippen LogP contribution in [0.1, 0.15) is 72.0 Å². The van der Waals surface area contributed by atoms with Crippen LogP contribution in [-0.2, 0) is 4.79 Å². The van der Waals surface area contributed by atoms with Gasteiger partial charge in [0.05, 0.1) is 17.8 Å². The average Bonchev–Trinajstić information content (AvgIpc) is 3.40. The van der Waals surface area contributed by atoms with E-state index in [4.69, 9.17) is 28.9 Å². The van der Waals surface area contributed by atoms with E-state index >= 15 is 0 Å². The Kier molecular flexibility index (Phi) is 9.88. The normalized spacial score (nSPS) is 17.2. The molecule has 2 atom stereocenters. The lowest BCUT2D eigenvalue weighted by Gasteiger charge is -2.38. The lowest BCUT2D eigenvalue weighted by molar-refractivity contribution is -0.161. The number of ketones is 1. The van der Waals surface area contributed by atoms with Gasteiger partial charge in [-0.1, -0.05) is 97.2 Å². The number of halogens is 5. The summed E-state index contributed by atoms with van der Waals surface area (Å²) < 4.78 is 41.7. The van der Waals surface area contributed by atoms with E-state index in [-0.39, 0.29) is 12.3 Å². The predicted molar refractivity (Wildman–Crippen MR) is 186 cm³/mol. The summed E-state index contributed by atoms with van der Waals surface area (Å²) in [7, 11) is 0. The molecule has 0 saturated carbocycles. The number of nitrogens with two attached hydrogens (primary N) is 1. The maximum Gasteiger partial charge on any atom is 0.406 e. The zero-order valence-electron chi connectivity index (χ0n) is 26.5. The molecule has 4 aromatic carbocycles. The van der Waals surface area contributed by atoms with Crippen LogP contribution >= 0.6 is 23.2 Å². The van der Waals surface area contributed by atoms with E-state index in [2.05, 4.69) is 0 Å². The van der Waals surface area contributed by atoms with Gasteiger partial charge in [0.15, 0.2) is 5.78 Å². The van der Waals surface area contributed by atoms with Gasteiger partial charge in [-0.15, -0.1) is 0 Å². The number of rotatable bonds is 9. The molecule has 0 spiro atoms. The van der Waals surface area contributed by atoms with Crippen LogP contribution < -0.4 is 10.6 Å². The molecule has 2 N–H and O–H groups in total. The fourth-order valence-electron chi connectivity index (χ4n) is 7.05. The van der Waals surface area contributed by atoms with E-state index in [1.54, 1.807) is 48.5 Å². The number of piperidine rings is 1. The van der Waals surface area contributed by atoms with E-state index < -0.39 is 30.7 Å². The molecule has 250 valence electrons. The largest absolute Gasteiger partial charge is 0.406 e. The molecule has 0 aromatic heterocycles. The lowest BCUT2D eigenvalue weighted by atomic mass is 9.87. The van der Waals surface area contributed by atoms with E-state index in [1.807, 2.05) is 42.2 Å². The smallest absolute Gasteiger partial charge is 0.355 e. The van der Waals surface area contributed by atoms with Crippen LogP contribution in [0.4, 0.5) is 18.9 Å². The second-order valence-corrected chi connectivity index (χ2v) is 13.3. The Morgan fingerprint density at radius 2 is 1.60 bits per heavy atom. The van der Waals surface area contributed by atoms with Crippen LogP contribution in [-0.4, -0.2) is 48.6 Å². The first-order valence-corrected chi connectivity index (χ1v) is 17.0. The number of unbranched alkanes of at least 4 members (excludes halogenated alkanes) is 1. The molecule has 10 heteroatoms. The van der Waals surface area contributed by atoms with E-state index in [1.165, 1.54) is 0 Å². The van der Waals surface area contributed by atoms with E-state index in [9.17, 15) is 22.8 Å². The third-order valence-corrected chi connectivity index (χ3v) is 9.80. The average molecular weight is 695 g/mol. The Morgan fingerprint density at radius 1 is 0.896 bits per heavy atom. The quantitative estimate of drug-likeness (QED) is 0.177. The van der Waals surface area contributed by atoms with Crippen LogP contribution in [0, 0.1) is 0 Å². The van der Waals surface area contributed by atoms with Crippen molar-refractivity contribution in [2.45, 2.75) is 57.3 Å². The third-order valence-electron chi connectivity index (χ3n) is 9.25. The molecule has 1 heterocycles. The van der Waals surface area contributed by atoms with Gasteiger partial charge in [-0.25, -0.2) is 0 Å². The molecule has 5 nitrogen and oxygen atoms in total. The van der Waals surface area contributed by atoms with Gasteiger partial charge in [0.2, 0.25) is 5.91 Å². The Morgan fingerprint density at radius 3 is 2.31 bits per heavy atom. The number of hydrogen-bond acceptors (Lipinski definition) is 4. The highest BCUT2D eigenvalue weighted by molar-refractivity contribution is 6.36. The van der Waals surface area contributed by atoms with Crippen molar-refractivity contribution in [3.63, 3.8) is 0 Å². The van der Waals surface area contributed by atoms with Crippen molar-refractivity contribution in [1.82, 2.24) is 4.90 Å². The van der Waals surface area contributed by atoms with Gasteiger partial charge in [0.25, 0.3) is 0 Å². The molecule has 1 saturated heterocycles. The number of carbonyl (C=O) groups excluding carboxylic acids is 2. The minimum atomic E-state index is -4.58. The molecule has 2 unspecified atom stereocenters. The maximum atomic E-state index is 14.8. The highest BCUT2D eigenvalue weighted by Crippen LogP contribution is 2.52. The molecular weight excluding hydrogens is 658 g/mol. The summed E-state index contributed by atoms with van der Waals surface area (Å²) in [5.74, 6) is -2.00. The zero-order chi connectivity index (χ0) is 34.2. The van der Waals surface area contributed by atoms with Gasteiger partial charge < -0.3 is 15.5 Å². The van der Waals surface area contributed by atoms with Crippen molar-refractivity contribution in [2.24, 2.45) is 5.73 Å². The summed E-state index contributed by atoms with van der Waals surface area (Å²) in [6.45, 7) is 1.02. The number of hydrogen-bond donors (Lipinski definition) is 1. The van der Waals surface area contributed by atoms with Gasteiger partial charge in [-0.05, 0) is 66.1 Å². The molecule has 6 rings (SSSR count). The maximum absolute atomic E-state index is 14.8. The van der Waals surface area contributed by atoms with Crippen molar-refractivity contribution in [3.05, 3.63) is 111 Å². The molecule has 1 aliphatic heterocycles.